The van der Waals surface area contributed by atoms with Gasteiger partial charge in [-0.1, -0.05) is 32.9 Å². The quantitative estimate of drug-likeness (QED) is 0.728. The molecular formula is C21H26N6O. The van der Waals surface area contributed by atoms with Crippen LogP contribution in [0.25, 0.3) is 0 Å². The summed E-state index contributed by atoms with van der Waals surface area (Å²) in [7, 11) is 0. The molecule has 7 heteroatoms. The molecule has 0 spiro atoms. The SMILES string of the molecule is CC(C)(C)[C@H]1CCc2[nH]nc(C(=O)Nc3cccc(Cn4cncn4)c3)c2C1. The maximum atomic E-state index is 12.9. The molecule has 4 rings (SSSR count). The number of carbonyl (C=O) groups is 1. The van der Waals surface area contributed by atoms with Crippen LogP contribution in [0.4, 0.5) is 5.69 Å². The van der Waals surface area contributed by atoms with Gasteiger partial charge < -0.3 is 5.32 Å². The molecule has 0 radical (unpaired) electrons. The summed E-state index contributed by atoms with van der Waals surface area (Å²) in [5.74, 6) is 0.389. The predicted octanol–water partition coefficient (Wildman–Crippen LogP) is 3.45. The van der Waals surface area contributed by atoms with Crippen LogP contribution < -0.4 is 5.32 Å². The molecule has 2 aromatic heterocycles. The molecule has 1 aromatic carbocycles. The van der Waals surface area contributed by atoms with Crippen LogP contribution >= 0.6 is 0 Å². The van der Waals surface area contributed by atoms with Crippen molar-refractivity contribution in [1.82, 2.24) is 25.0 Å². The van der Waals surface area contributed by atoms with Gasteiger partial charge in [-0.3, -0.25) is 9.89 Å². The Kier molecular flexibility index (Phi) is 4.75. The molecule has 2 N–H and O–H groups in total. The van der Waals surface area contributed by atoms with Crippen LogP contribution in [-0.2, 0) is 19.4 Å². The summed E-state index contributed by atoms with van der Waals surface area (Å²) >= 11 is 0. The lowest BCUT2D eigenvalue weighted by Gasteiger charge is -2.33. The lowest BCUT2D eigenvalue weighted by atomic mass is 9.71. The zero-order valence-corrected chi connectivity index (χ0v) is 16.6. The van der Waals surface area contributed by atoms with E-state index < -0.39 is 0 Å². The molecule has 7 nitrogen and oxygen atoms in total. The highest BCUT2D eigenvalue weighted by atomic mass is 16.1. The molecule has 1 aliphatic carbocycles. The lowest BCUT2D eigenvalue weighted by Crippen LogP contribution is -2.28. The summed E-state index contributed by atoms with van der Waals surface area (Å²) in [6.45, 7) is 7.41. The van der Waals surface area contributed by atoms with Gasteiger partial charge in [0.1, 0.15) is 12.7 Å². The number of H-pyrrole nitrogens is 1. The number of nitrogens with one attached hydrogen (secondary N) is 2. The average Bonchev–Trinajstić information content (AvgIpc) is 3.30. The van der Waals surface area contributed by atoms with Crippen LogP contribution in [0.1, 0.15) is 54.5 Å². The summed E-state index contributed by atoms with van der Waals surface area (Å²) in [4.78, 5) is 16.9. The summed E-state index contributed by atoms with van der Waals surface area (Å²) in [6, 6.07) is 7.77. The van der Waals surface area contributed by atoms with Gasteiger partial charge in [0.2, 0.25) is 0 Å². The van der Waals surface area contributed by atoms with Crippen LogP contribution in [-0.4, -0.2) is 30.9 Å². The minimum atomic E-state index is -0.162. The van der Waals surface area contributed by atoms with Gasteiger partial charge in [-0.25, -0.2) is 9.67 Å². The van der Waals surface area contributed by atoms with Gasteiger partial charge in [0.05, 0.1) is 6.54 Å². The molecule has 0 aliphatic heterocycles. The highest BCUT2D eigenvalue weighted by Gasteiger charge is 2.32. The van der Waals surface area contributed by atoms with E-state index in [4.69, 9.17) is 0 Å². The monoisotopic (exact) mass is 378 g/mol. The summed E-state index contributed by atoms with van der Waals surface area (Å²) < 4.78 is 1.75. The molecule has 3 aromatic rings. The van der Waals surface area contributed by atoms with E-state index in [0.717, 1.165) is 41.8 Å². The Hall–Kier alpha value is -2.96. The fourth-order valence-corrected chi connectivity index (χ4v) is 3.86. The van der Waals surface area contributed by atoms with Gasteiger partial charge in [-0.2, -0.15) is 10.2 Å². The van der Waals surface area contributed by atoms with Crippen molar-refractivity contribution in [1.29, 1.82) is 0 Å². The Morgan fingerprint density at radius 3 is 2.96 bits per heavy atom. The molecule has 0 unspecified atom stereocenters. The zero-order valence-electron chi connectivity index (χ0n) is 16.6. The standard InChI is InChI=1S/C21H26N6O/c1-21(2,3)15-7-8-18-17(10-15)19(26-25-18)20(28)24-16-6-4-5-14(9-16)11-27-13-22-12-23-27/h4-6,9,12-13,15H,7-8,10-11H2,1-3H3,(H,24,28)(H,25,26)/t15-/m0/s1. The molecule has 1 aliphatic rings. The van der Waals surface area contributed by atoms with Gasteiger partial charge >= 0.3 is 0 Å². The molecule has 0 fully saturated rings. The Bertz CT molecular complexity index is 967. The van der Waals surface area contributed by atoms with Crippen molar-refractivity contribution in [3.05, 3.63) is 59.4 Å². The minimum Gasteiger partial charge on any atom is -0.321 e. The molecule has 146 valence electrons. The molecular weight excluding hydrogens is 352 g/mol. The van der Waals surface area contributed by atoms with Gasteiger partial charge in [0.15, 0.2) is 5.69 Å². The third kappa shape index (κ3) is 3.83. The van der Waals surface area contributed by atoms with E-state index in [-0.39, 0.29) is 11.3 Å². The van der Waals surface area contributed by atoms with Crippen molar-refractivity contribution < 1.29 is 4.79 Å². The Morgan fingerprint density at radius 2 is 2.21 bits per heavy atom. The van der Waals surface area contributed by atoms with Crippen molar-refractivity contribution in [2.24, 2.45) is 11.3 Å². The molecule has 0 saturated heterocycles. The van der Waals surface area contributed by atoms with Gasteiger partial charge in [-0.15, -0.1) is 0 Å². The predicted molar refractivity (Wildman–Crippen MR) is 107 cm³/mol. The maximum absolute atomic E-state index is 12.9. The number of anilines is 1. The maximum Gasteiger partial charge on any atom is 0.276 e. The number of rotatable bonds is 4. The average molecular weight is 378 g/mol. The molecule has 0 bridgehead atoms. The number of fused-ring (bicyclic) bond motifs is 1. The number of hydrogen-bond acceptors (Lipinski definition) is 4. The fourth-order valence-electron chi connectivity index (χ4n) is 3.86. The van der Waals surface area contributed by atoms with Crippen molar-refractivity contribution in [3.8, 4) is 0 Å². The lowest BCUT2D eigenvalue weighted by molar-refractivity contribution is 0.102. The Balaban J connectivity index is 1.50. The molecule has 2 heterocycles. The first-order valence-electron chi connectivity index (χ1n) is 9.69. The van der Waals surface area contributed by atoms with E-state index in [1.54, 1.807) is 11.0 Å². The number of hydrogen-bond donors (Lipinski definition) is 2. The van der Waals surface area contributed by atoms with E-state index >= 15 is 0 Å². The van der Waals surface area contributed by atoms with Gasteiger partial charge in [0, 0.05) is 16.9 Å². The van der Waals surface area contributed by atoms with E-state index in [1.807, 2.05) is 24.3 Å². The third-order valence-corrected chi connectivity index (χ3v) is 5.58. The van der Waals surface area contributed by atoms with Crippen molar-refractivity contribution in [2.75, 3.05) is 5.32 Å². The molecule has 1 atom stereocenters. The van der Waals surface area contributed by atoms with Crippen LogP contribution in [0.5, 0.6) is 0 Å². The zero-order chi connectivity index (χ0) is 19.7. The number of nitrogens with zero attached hydrogens (tertiary/aromatic N) is 4. The fraction of sp³-hybridized carbons (Fsp3) is 0.429. The number of benzene rings is 1. The van der Waals surface area contributed by atoms with Crippen LogP contribution in [0.15, 0.2) is 36.9 Å². The van der Waals surface area contributed by atoms with Crippen LogP contribution in [0.2, 0.25) is 0 Å². The highest BCUT2D eigenvalue weighted by Crippen LogP contribution is 2.37. The second-order valence-electron chi connectivity index (χ2n) is 8.58. The third-order valence-electron chi connectivity index (χ3n) is 5.58. The second kappa shape index (κ2) is 7.22. The Morgan fingerprint density at radius 1 is 1.36 bits per heavy atom. The van der Waals surface area contributed by atoms with E-state index in [2.05, 4.69) is 46.4 Å². The highest BCUT2D eigenvalue weighted by molar-refractivity contribution is 6.04. The van der Waals surface area contributed by atoms with E-state index in [1.165, 1.54) is 6.33 Å². The van der Waals surface area contributed by atoms with E-state index in [9.17, 15) is 4.79 Å². The second-order valence-corrected chi connectivity index (χ2v) is 8.58. The topological polar surface area (TPSA) is 88.5 Å². The van der Waals surface area contributed by atoms with Gasteiger partial charge in [0.25, 0.3) is 5.91 Å². The minimum absolute atomic E-state index is 0.162. The van der Waals surface area contributed by atoms with Crippen molar-refractivity contribution in [2.45, 2.75) is 46.6 Å². The van der Waals surface area contributed by atoms with Crippen molar-refractivity contribution >= 4 is 11.6 Å². The normalized spacial score (nSPS) is 16.6. The van der Waals surface area contributed by atoms with Crippen LogP contribution in [0.3, 0.4) is 0 Å². The Labute approximate surface area is 164 Å². The first-order valence-corrected chi connectivity index (χ1v) is 9.69. The van der Waals surface area contributed by atoms with Gasteiger partial charge in [-0.05, 0) is 48.3 Å². The van der Waals surface area contributed by atoms with Crippen LogP contribution in [0, 0.1) is 11.3 Å². The number of aromatic amines is 1. The molecule has 28 heavy (non-hydrogen) atoms. The number of aryl methyl sites for hydroxylation is 1. The number of aromatic nitrogens is 5. The summed E-state index contributed by atoms with van der Waals surface area (Å²) in [5.41, 5.74) is 4.71. The number of carbonyl (C=O) groups excluding carboxylic acids is 1. The smallest absolute Gasteiger partial charge is 0.276 e. The number of amides is 1. The van der Waals surface area contributed by atoms with Crippen molar-refractivity contribution in [3.63, 3.8) is 0 Å². The van der Waals surface area contributed by atoms with E-state index in [0.29, 0.717) is 18.2 Å². The summed E-state index contributed by atoms with van der Waals surface area (Å²) in [5, 5.41) is 14.5. The first-order chi connectivity index (χ1) is 13.4. The molecule has 1 amide bonds. The molecule has 0 saturated carbocycles. The largest absolute Gasteiger partial charge is 0.321 e. The summed E-state index contributed by atoms with van der Waals surface area (Å²) in [6.07, 6.45) is 6.16. The first kappa shape index (κ1) is 18.4.